The maximum atomic E-state index is 12.8. The molecule has 0 spiro atoms. The number of benzene rings is 2. The Kier molecular flexibility index (Phi) is 16.7. The minimum absolute atomic E-state index is 0.0192. The minimum Gasteiger partial charge on any atom is -0.380 e. The number of nitrogens with two attached hydrogens (primary N) is 1. The van der Waals surface area contributed by atoms with E-state index >= 15 is 0 Å². The molecule has 0 aliphatic carbocycles. The molecule has 222 valence electrons. The van der Waals surface area contributed by atoms with E-state index < -0.39 is 5.54 Å². The molecule has 0 saturated carbocycles. The molecule has 1 heterocycles. The van der Waals surface area contributed by atoms with Gasteiger partial charge in [0.15, 0.2) is 0 Å². The predicted molar refractivity (Wildman–Crippen MR) is 162 cm³/mol. The van der Waals surface area contributed by atoms with Crippen LogP contribution < -0.4 is 11.1 Å². The zero-order valence-corrected chi connectivity index (χ0v) is 25.1. The van der Waals surface area contributed by atoms with Gasteiger partial charge in [-0.25, -0.2) is 0 Å². The molecule has 40 heavy (non-hydrogen) atoms. The fourth-order valence-electron chi connectivity index (χ4n) is 4.94. The summed E-state index contributed by atoms with van der Waals surface area (Å²) in [4.78, 5) is 37.3. The number of carbonyl (C=O) groups excluding carboxylic acids is 3. The van der Waals surface area contributed by atoms with Gasteiger partial charge in [-0.3, -0.25) is 9.59 Å². The van der Waals surface area contributed by atoms with E-state index in [-0.39, 0.29) is 18.4 Å². The zero-order chi connectivity index (χ0) is 30.0. The maximum Gasteiger partial charge on any atom is 0.241 e. The number of hydrogen-bond acceptors (Lipinski definition) is 6. The van der Waals surface area contributed by atoms with Gasteiger partial charge in [0, 0.05) is 32.7 Å². The summed E-state index contributed by atoms with van der Waals surface area (Å²) in [7, 11) is 5.89. The van der Waals surface area contributed by atoms with E-state index in [1.54, 1.807) is 7.11 Å². The van der Waals surface area contributed by atoms with Gasteiger partial charge >= 0.3 is 0 Å². The summed E-state index contributed by atoms with van der Waals surface area (Å²) in [5.41, 5.74) is 7.79. The molecule has 2 aromatic carbocycles. The van der Waals surface area contributed by atoms with Crippen LogP contribution in [0.3, 0.4) is 0 Å². The monoisotopic (exact) mass is 554 g/mol. The summed E-state index contributed by atoms with van der Waals surface area (Å²) in [6.45, 7) is 8.97. The molecule has 2 aromatic rings. The molecule has 0 radical (unpaired) electrons. The van der Waals surface area contributed by atoms with E-state index in [1.807, 2.05) is 61.9 Å². The highest BCUT2D eigenvalue weighted by Gasteiger charge is 2.33. The Balaban J connectivity index is 0.000000609. The third kappa shape index (κ3) is 11.6. The van der Waals surface area contributed by atoms with E-state index in [4.69, 9.17) is 15.3 Å². The van der Waals surface area contributed by atoms with Crippen LogP contribution >= 0.6 is 0 Å². The second kappa shape index (κ2) is 19.1. The molecule has 0 bridgehead atoms. The maximum absolute atomic E-state index is 12.8. The number of methoxy groups -OCH3 is 1. The van der Waals surface area contributed by atoms with Crippen LogP contribution in [0.15, 0.2) is 60.7 Å². The van der Waals surface area contributed by atoms with E-state index in [9.17, 15) is 9.59 Å². The lowest BCUT2D eigenvalue weighted by Crippen LogP contribution is -2.55. The Morgan fingerprint density at radius 2 is 1.65 bits per heavy atom. The summed E-state index contributed by atoms with van der Waals surface area (Å²) >= 11 is 0. The van der Waals surface area contributed by atoms with Crippen LogP contribution in [0.2, 0.25) is 0 Å². The van der Waals surface area contributed by atoms with Crippen molar-refractivity contribution in [3.05, 3.63) is 71.8 Å². The van der Waals surface area contributed by atoms with Crippen molar-refractivity contribution in [3.8, 4) is 0 Å². The zero-order valence-electron chi connectivity index (χ0n) is 25.1. The van der Waals surface area contributed by atoms with Gasteiger partial charge < -0.3 is 30.4 Å². The van der Waals surface area contributed by atoms with Crippen LogP contribution in [0.25, 0.3) is 0 Å². The molecule has 8 heteroatoms. The average Bonchev–Trinajstić information content (AvgIpc) is 3.00. The minimum atomic E-state index is -0.894. The van der Waals surface area contributed by atoms with Crippen LogP contribution in [-0.4, -0.2) is 81.3 Å². The van der Waals surface area contributed by atoms with Crippen LogP contribution in [0.5, 0.6) is 0 Å². The Morgan fingerprint density at radius 1 is 1.07 bits per heavy atom. The lowest BCUT2D eigenvalue weighted by molar-refractivity contribution is -0.135. The van der Waals surface area contributed by atoms with Crippen LogP contribution in [-0.2, 0) is 25.7 Å². The second-order valence-corrected chi connectivity index (χ2v) is 10.5. The van der Waals surface area contributed by atoms with Gasteiger partial charge in [0.1, 0.15) is 6.79 Å². The van der Waals surface area contributed by atoms with Crippen LogP contribution in [0.1, 0.15) is 56.6 Å². The van der Waals surface area contributed by atoms with Crippen molar-refractivity contribution < 1.29 is 19.1 Å². The van der Waals surface area contributed by atoms with E-state index in [0.29, 0.717) is 31.3 Å². The number of hydrogen-bond donors (Lipinski definition) is 2. The number of likely N-dealkylation sites (N-methyl/N-ethyl adjacent to an activating group) is 1. The topological polar surface area (TPSA) is 105 Å². The van der Waals surface area contributed by atoms with E-state index in [2.05, 4.69) is 48.6 Å². The first-order valence-electron chi connectivity index (χ1n) is 14.1. The standard InChI is InChI=1S/C23H38N4O2.C8H10O.CH2O/c1-5-23(24,6-2)22(29)25-15-21(28)27-14-10-13-19(16-27)20(17-26(3)4)18-11-8-7-9-12-18;1-9-7-8-5-3-2-4-6-8;1-2/h7-9,11-12,19-20H,5-6,10,13-17,24H2,1-4H3,(H,25,29);2-6H,7H2,1H3;1H2/t19?,20-;;/m0../s1. The summed E-state index contributed by atoms with van der Waals surface area (Å²) < 4.78 is 4.93. The summed E-state index contributed by atoms with van der Waals surface area (Å²) in [5, 5.41) is 2.77. The fourth-order valence-corrected chi connectivity index (χ4v) is 4.94. The largest absolute Gasteiger partial charge is 0.380 e. The van der Waals surface area contributed by atoms with Crippen molar-refractivity contribution in [1.29, 1.82) is 0 Å². The highest BCUT2D eigenvalue weighted by molar-refractivity contribution is 5.90. The lowest BCUT2D eigenvalue weighted by atomic mass is 9.80. The number of piperidine rings is 1. The van der Waals surface area contributed by atoms with Gasteiger partial charge in [-0.15, -0.1) is 0 Å². The average molecular weight is 555 g/mol. The van der Waals surface area contributed by atoms with Gasteiger partial charge in [0.2, 0.25) is 11.8 Å². The van der Waals surface area contributed by atoms with Gasteiger partial charge in [-0.05, 0) is 56.8 Å². The molecule has 1 unspecified atom stereocenters. The van der Waals surface area contributed by atoms with Crippen molar-refractivity contribution in [1.82, 2.24) is 15.1 Å². The number of nitrogens with one attached hydrogen (secondary N) is 1. The molecular formula is C32H50N4O4. The lowest BCUT2D eigenvalue weighted by Gasteiger charge is -2.38. The summed E-state index contributed by atoms with van der Waals surface area (Å²) in [5.74, 6) is 0.537. The molecule has 2 atom stereocenters. The molecule has 2 amide bonds. The molecule has 8 nitrogen and oxygen atoms in total. The number of amides is 2. The number of ether oxygens (including phenoxy) is 1. The molecule has 1 aliphatic heterocycles. The third-order valence-electron chi connectivity index (χ3n) is 7.44. The Bertz CT molecular complexity index is 967. The van der Waals surface area contributed by atoms with E-state index in [0.717, 1.165) is 32.5 Å². The van der Waals surface area contributed by atoms with Gasteiger partial charge in [-0.2, -0.15) is 0 Å². The Hall–Kier alpha value is -3.07. The first-order valence-corrected chi connectivity index (χ1v) is 14.1. The highest BCUT2D eigenvalue weighted by atomic mass is 16.5. The number of rotatable bonds is 11. The quantitative estimate of drug-likeness (QED) is 0.437. The number of likely N-dealkylation sites (tertiary alicyclic amines) is 1. The van der Waals surface area contributed by atoms with Crippen molar-refractivity contribution in [2.45, 2.75) is 57.6 Å². The van der Waals surface area contributed by atoms with Gasteiger partial charge in [0.05, 0.1) is 18.7 Å². The predicted octanol–water partition coefficient (Wildman–Crippen LogP) is 3.85. The Labute approximate surface area is 241 Å². The smallest absolute Gasteiger partial charge is 0.241 e. The Morgan fingerprint density at radius 3 is 2.17 bits per heavy atom. The normalized spacial score (nSPS) is 15.7. The number of carbonyl (C=O) groups is 3. The highest BCUT2D eigenvalue weighted by Crippen LogP contribution is 2.32. The summed E-state index contributed by atoms with van der Waals surface area (Å²) in [6, 6.07) is 20.7. The molecule has 3 rings (SSSR count). The third-order valence-corrected chi connectivity index (χ3v) is 7.44. The van der Waals surface area contributed by atoms with Crippen LogP contribution in [0, 0.1) is 5.92 Å². The fraction of sp³-hybridized carbons (Fsp3) is 0.531. The van der Waals surface area contributed by atoms with Gasteiger partial charge in [0.25, 0.3) is 0 Å². The first kappa shape index (κ1) is 35.0. The van der Waals surface area contributed by atoms with Crippen molar-refractivity contribution in [2.75, 3.05) is 47.4 Å². The van der Waals surface area contributed by atoms with Crippen molar-refractivity contribution in [2.24, 2.45) is 11.7 Å². The van der Waals surface area contributed by atoms with Crippen molar-refractivity contribution >= 4 is 18.6 Å². The molecule has 1 saturated heterocycles. The summed E-state index contributed by atoms with van der Waals surface area (Å²) in [6.07, 6.45) is 3.21. The van der Waals surface area contributed by atoms with Crippen molar-refractivity contribution in [3.63, 3.8) is 0 Å². The first-order chi connectivity index (χ1) is 19.2. The molecule has 3 N–H and O–H groups in total. The van der Waals surface area contributed by atoms with Crippen LogP contribution in [0.4, 0.5) is 0 Å². The van der Waals surface area contributed by atoms with E-state index in [1.165, 1.54) is 11.1 Å². The molecular weight excluding hydrogens is 504 g/mol. The number of nitrogens with zero attached hydrogens (tertiary/aromatic N) is 2. The second-order valence-electron chi connectivity index (χ2n) is 10.5. The molecule has 0 aromatic heterocycles. The van der Waals surface area contributed by atoms with Gasteiger partial charge in [-0.1, -0.05) is 74.5 Å². The SMILES string of the molecule is C=O.CCC(N)(CC)C(=O)NCC(=O)N1CCCC([C@@H](CN(C)C)c2ccccc2)C1.COCc1ccccc1. The molecule has 1 aliphatic rings. The molecule has 1 fully saturated rings.